The first-order valence-electron chi connectivity index (χ1n) is 6.87. The molecule has 8 heteroatoms. The smallest absolute Gasteiger partial charge is 0.419 e. The van der Waals surface area contributed by atoms with Gasteiger partial charge in [0.1, 0.15) is 5.75 Å². The second-order valence-electron chi connectivity index (χ2n) is 4.45. The van der Waals surface area contributed by atoms with E-state index in [2.05, 4.69) is 20.1 Å². The summed E-state index contributed by atoms with van der Waals surface area (Å²) in [4.78, 5) is 23.1. The maximum absolute atomic E-state index is 12.0. The van der Waals surface area contributed by atoms with Gasteiger partial charge in [-0.15, -0.1) is 0 Å². The van der Waals surface area contributed by atoms with Crippen LogP contribution in [0.15, 0.2) is 42.7 Å². The largest absolute Gasteiger partial charge is 0.508 e. The van der Waals surface area contributed by atoms with Gasteiger partial charge in [-0.25, -0.2) is 14.8 Å². The van der Waals surface area contributed by atoms with Crippen LogP contribution < -0.4 is 5.32 Å². The van der Waals surface area contributed by atoms with E-state index in [1.807, 2.05) is 0 Å². The van der Waals surface area contributed by atoms with Gasteiger partial charge in [0.2, 0.25) is 5.95 Å². The van der Waals surface area contributed by atoms with Crippen molar-refractivity contribution < 1.29 is 19.4 Å². The van der Waals surface area contributed by atoms with Crippen molar-refractivity contribution in [3.8, 4) is 5.75 Å². The highest BCUT2D eigenvalue weighted by atomic mass is 16.5. The first kappa shape index (κ1) is 16.1. The Balaban J connectivity index is 2.39. The van der Waals surface area contributed by atoms with Crippen molar-refractivity contribution in [1.29, 1.82) is 0 Å². The molecule has 0 saturated carbocycles. The molecule has 0 spiro atoms. The number of aromatic nitrogens is 2. The van der Waals surface area contributed by atoms with E-state index in [4.69, 9.17) is 4.74 Å². The molecule has 1 aromatic heterocycles. The summed E-state index contributed by atoms with van der Waals surface area (Å²) < 4.78 is 4.90. The van der Waals surface area contributed by atoms with Crippen LogP contribution in [0.3, 0.4) is 0 Å². The fraction of sp³-hybridized carbons (Fsp3) is 0.200. The number of phenolic OH excluding ortho intramolecular Hbond substituents is 1. The number of anilines is 1. The highest BCUT2D eigenvalue weighted by Gasteiger charge is 2.34. The van der Waals surface area contributed by atoms with Crippen LogP contribution in [0.25, 0.3) is 5.53 Å². The van der Waals surface area contributed by atoms with E-state index in [9.17, 15) is 15.4 Å². The third kappa shape index (κ3) is 4.12. The lowest BCUT2D eigenvalue weighted by Gasteiger charge is -2.14. The summed E-state index contributed by atoms with van der Waals surface area (Å²) in [5.74, 6) is -0.449. The van der Waals surface area contributed by atoms with Gasteiger partial charge in [-0.05, 0) is 30.7 Å². The van der Waals surface area contributed by atoms with Crippen LogP contribution in [0.4, 0.5) is 5.95 Å². The maximum Gasteiger partial charge on any atom is 0.419 e. The Morgan fingerprint density at radius 3 is 2.57 bits per heavy atom. The predicted molar refractivity (Wildman–Crippen MR) is 81.8 cm³/mol. The molecule has 0 radical (unpaired) electrons. The van der Waals surface area contributed by atoms with Crippen LogP contribution in [-0.2, 0) is 9.53 Å². The molecule has 1 heterocycles. The lowest BCUT2D eigenvalue weighted by molar-refractivity contribution is -0.140. The Bertz CT molecular complexity index is 712. The number of aromatic hydroxyl groups is 1. The second-order valence-corrected chi connectivity index (χ2v) is 4.45. The minimum atomic E-state index is -0.845. The Hall–Kier alpha value is -3.25. The SMILES string of the molecule is CCOC(=O)C(=[N+]=[N-])C(Nc1ncccn1)c1ccc(O)cc1. The molecule has 0 fully saturated rings. The van der Waals surface area contributed by atoms with Crippen molar-refractivity contribution in [3.63, 3.8) is 0 Å². The number of ether oxygens (including phenoxy) is 1. The summed E-state index contributed by atoms with van der Waals surface area (Å²) in [6.07, 6.45) is 3.06. The molecule has 0 amide bonds. The monoisotopic (exact) mass is 313 g/mol. The van der Waals surface area contributed by atoms with E-state index in [0.717, 1.165) is 0 Å². The molecule has 0 aliphatic heterocycles. The van der Waals surface area contributed by atoms with Crippen LogP contribution in [0, 0.1) is 0 Å². The molecule has 2 N–H and O–H groups in total. The van der Waals surface area contributed by atoms with Gasteiger partial charge in [0.05, 0.1) is 6.61 Å². The summed E-state index contributed by atoms with van der Waals surface area (Å²) in [5, 5.41) is 12.3. The van der Waals surface area contributed by atoms with Crippen LogP contribution in [-0.4, -0.2) is 38.2 Å². The van der Waals surface area contributed by atoms with Crippen molar-refractivity contribution in [2.45, 2.75) is 13.0 Å². The molecule has 118 valence electrons. The Morgan fingerprint density at radius 2 is 2.00 bits per heavy atom. The van der Waals surface area contributed by atoms with Crippen molar-refractivity contribution >= 4 is 17.6 Å². The number of hydrogen-bond acceptors (Lipinski definition) is 6. The highest BCUT2D eigenvalue weighted by Crippen LogP contribution is 2.21. The first-order chi connectivity index (χ1) is 11.2. The zero-order valence-corrected chi connectivity index (χ0v) is 12.4. The molecule has 2 rings (SSSR count). The predicted octanol–water partition coefficient (Wildman–Crippen LogP) is 1.57. The number of nitrogens with one attached hydrogen (secondary N) is 1. The van der Waals surface area contributed by atoms with Gasteiger partial charge in [-0.1, -0.05) is 12.1 Å². The Morgan fingerprint density at radius 1 is 1.35 bits per heavy atom. The average Bonchev–Trinajstić information content (AvgIpc) is 2.57. The number of nitrogens with zero attached hydrogens (tertiary/aromatic N) is 4. The van der Waals surface area contributed by atoms with E-state index >= 15 is 0 Å². The molecular weight excluding hydrogens is 298 g/mol. The quantitative estimate of drug-likeness (QED) is 0.361. The van der Waals surface area contributed by atoms with Gasteiger partial charge in [-0.2, -0.15) is 4.79 Å². The Labute approximate surface area is 132 Å². The summed E-state index contributed by atoms with van der Waals surface area (Å²) in [6.45, 7) is 1.79. The van der Waals surface area contributed by atoms with Crippen LogP contribution in [0.2, 0.25) is 0 Å². The maximum atomic E-state index is 12.0. The summed E-state index contributed by atoms with van der Waals surface area (Å²) in [5.41, 5.74) is 9.56. The van der Waals surface area contributed by atoms with Gasteiger partial charge in [0, 0.05) is 12.4 Å². The topological polar surface area (TPSA) is 121 Å². The molecule has 1 unspecified atom stereocenters. The molecule has 23 heavy (non-hydrogen) atoms. The third-order valence-electron chi connectivity index (χ3n) is 2.93. The number of carbonyl (C=O) groups is 1. The zero-order valence-electron chi connectivity index (χ0n) is 12.4. The number of phenols is 1. The molecule has 0 aliphatic rings. The van der Waals surface area contributed by atoms with E-state index in [-0.39, 0.29) is 24.0 Å². The lowest BCUT2D eigenvalue weighted by atomic mass is 10.0. The third-order valence-corrected chi connectivity index (χ3v) is 2.93. The minimum absolute atomic E-state index is 0.0714. The van der Waals surface area contributed by atoms with E-state index in [0.29, 0.717) is 5.56 Å². The van der Waals surface area contributed by atoms with Crippen molar-refractivity contribution in [1.82, 2.24) is 9.97 Å². The van der Waals surface area contributed by atoms with Gasteiger partial charge in [0.15, 0.2) is 6.04 Å². The number of esters is 1. The van der Waals surface area contributed by atoms with E-state index in [1.54, 1.807) is 25.1 Å². The molecule has 1 aromatic carbocycles. The number of hydrogen-bond donors (Lipinski definition) is 2. The summed E-state index contributed by atoms with van der Waals surface area (Å²) in [6, 6.07) is 6.88. The molecule has 8 nitrogen and oxygen atoms in total. The molecule has 0 aliphatic carbocycles. The van der Waals surface area contributed by atoms with Crippen LogP contribution >= 0.6 is 0 Å². The second kappa shape index (κ2) is 7.67. The number of benzene rings is 1. The van der Waals surface area contributed by atoms with Gasteiger partial charge in [0.25, 0.3) is 0 Å². The van der Waals surface area contributed by atoms with Gasteiger partial charge >= 0.3 is 11.7 Å². The molecule has 0 saturated heterocycles. The lowest BCUT2D eigenvalue weighted by Crippen LogP contribution is -2.31. The van der Waals surface area contributed by atoms with Crippen LogP contribution in [0.5, 0.6) is 5.75 Å². The van der Waals surface area contributed by atoms with Gasteiger partial charge < -0.3 is 20.7 Å². The van der Waals surface area contributed by atoms with Crippen molar-refractivity contribution in [3.05, 3.63) is 53.8 Å². The van der Waals surface area contributed by atoms with Crippen molar-refractivity contribution in [2.75, 3.05) is 11.9 Å². The normalized spacial score (nSPS) is 11.2. The van der Waals surface area contributed by atoms with Gasteiger partial charge in [-0.3, -0.25) is 0 Å². The standard InChI is InChI=1S/C15H15N5O3/c1-2-23-14(22)13(20-16)12(10-4-6-11(21)7-5-10)19-15-17-8-3-9-18-15/h3-9,12,21H,2H2,1H3,(H,17,18,19). The van der Waals surface area contributed by atoms with Crippen molar-refractivity contribution in [2.24, 2.45) is 0 Å². The molecule has 0 bridgehead atoms. The molecule has 1 atom stereocenters. The fourth-order valence-electron chi connectivity index (χ4n) is 1.90. The van der Waals surface area contributed by atoms with E-state index < -0.39 is 12.0 Å². The average molecular weight is 313 g/mol. The summed E-state index contributed by atoms with van der Waals surface area (Å²) >= 11 is 0. The summed E-state index contributed by atoms with van der Waals surface area (Å²) in [7, 11) is 0. The number of carbonyl (C=O) groups excluding carboxylic acids is 1. The minimum Gasteiger partial charge on any atom is -0.508 e. The molecule has 2 aromatic rings. The Kier molecular flexibility index (Phi) is 5.38. The molecular formula is C15H15N5O3. The highest BCUT2D eigenvalue weighted by molar-refractivity contribution is 6.36. The van der Waals surface area contributed by atoms with Crippen LogP contribution in [0.1, 0.15) is 18.5 Å². The first-order valence-corrected chi connectivity index (χ1v) is 6.87. The fourth-order valence-corrected chi connectivity index (χ4v) is 1.90. The number of rotatable bonds is 6. The van der Waals surface area contributed by atoms with E-state index in [1.165, 1.54) is 24.5 Å². The zero-order chi connectivity index (χ0) is 16.7.